The van der Waals surface area contributed by atoms with Gasteiger partial charge in [0.25, 0.3) is 0 Å². The maximum atomic E-state index is 12.5. The summed E-state index contributed by atoms with van der Waals surface area (Å²) in [5.41, 5.74) is 3.49. The largest absolute Gasteiger partial charge is 0.371 e. The molecule has 2 aromatic heterocycles. The summed E-state index contributed by atoms with van der Waals surface area (Å²) < 4.78 is 7.65. The van der Waals surface area contributed by atoms with E-state index in [4.69, 9.17) is 4.74 Å². The lowest BCUT2D eigenvalue weighted by molar-refractivity contribution is -0.00700. The van der Waals surface area contributed by atoms with Gasteiger partial charge in [-0.1, -0.05) is 0 Å². The van der Waals surface area contributed by atoms with E-state index in [9.17, 15) is 4.79 Å². The predicted molar refractivity (Wildman–Crippen MR) is 109 cm³/mol. The van der Waals surface area contributed by atoms with Gasteiger partial charge in [-0.2, -0.15) is 5.10 Å². The molecule has 0 spiro atoms. The van der Waals surface area contributed by atoms with Gasteiger partial charge in [0.1, 0.15) is 6.10 Å². The molecule has 150 valence electrons. The summed E-state index contributed by atoms with van der Waals surface area (Å²) in [6.45, 7) is 2.61. The lowest BCUT2D eigenvalue weighted by atomic mass is 9.98. The van der Waals surface area contributed by atoms with Crippen molar-refractivity contribution in [2.24, 2.45) is 7.05 Å². The number of hydrogen-bond acceptors (Lipinski definition) is 5. The molecule has 1 saturated heterocycles. The first-order valence-electron chi connectivity index (χ1n) is 9.66. The molecule has 0 aliphatic carbocycles. The Morgan fingerprint density at radius 2 is 2.07 bits per heavy atom. The third-order valence-electron chi connectivity index (χ3n) is 4.89. The Bertz CT molecular complexity index is 985. The van der Waals surface area contributed by atoms with Crippen LogP contribution in [0.5, 0.6) is 0 Å². The first-order valence-corrected chi connectivity index (χ1v) is 9.66. The van der Waals surface area contributed by atoms with Gasteiger partial charge in [-0.15, -0.1) is 0 Å². The number of carbonyl (C=O) groups excluding carboxylic acids is 1. The van der Waals surface area contributed by atoms with Gasteiger partial charge < -0.3 is 15.4 Å². The van der Waals surface area contributed by atoms with Crippen LogP contribution in [0.1, 0.15) is 30.2 Å². The van der Waals surface area contributed by atoms with Crippen molar-refractivity contribution in [3.8, 4) is 11.4 Å². The molecule has 29 heavy (non-hydrogen) atoms. The molecule has 3 aromatic rings. The number of hydrogen-bond donors (Lipinski definition) is 2. The van der Waals surface area contributed by atoms with Crippen molar-refractivity contribution in [1.82, 2.24) is 25.1 Å². The molecule has 8 heteroatoms. The Kier molecular flexibility index (Phi) is 5.53. The van der Waals surface area contributed by atoms with Crippen LogP contribution in [-0.4, -0.2) is 38.4 Å². The SMILES string of the molecule is Cc1ccnc(-c2ccc(NC(=O)N[C@H]3CCCO[C@@H]3c3cnn(C)c3)cc2)n1. The highest BCUT2D eigenvalue weighted by Gasteiger charge is 2.29. The van der Waals surface area contributed by atoms with Crippen molar-refractivity contribution in [1.29, 1.82) is 0 Å². The fourth-order valence-electron chi connectivity index (χ4n) is 3.47. The van der Waals surface area contributed by atoms with Crippen LogP contribution in [0.15, 0.2) is 48.9 Å². The second kappa shape index (κ2) is 8.40. The molecule has 3 heterocycles. The van der Waals surface area contributed by atoms with Crippen LogP contribution in [0.3, 0.4) is 0 Å². The summed E-state index contributed by atoms with van der Waals surface area (Å²) in [7, 11) is 1.87. The van der Waals surface area contributed by atoms with Crippen LogP contribution in [-0.2, 0) is 11.8 Å². The Morgan fingerprint density at radius 3 is 2.79 bits per heavy atom. The van der Waals surface area contributed by atoms with Crippen molar-refractivity contribution in [3.63, 3.8) is 0 Å². The number of nitrogens with zero attached hydrogens (tertiary/aromatic N) is 4. The van der Waals surface area contributed by atoms with Crippen molar-refractivity contribution < 1.29 is 9.53 Å². The molecular weight excluding hydrogens is 368 g/mol. The van der Waals surface area contributed by atoms with E-state index >= 15 is 0 Å². The van der Waals surface area contributed by atoms with Crippen molar-refractivity contribution in [2.75, 3.05) is 11.9 Å². The highest BCUT2D eigenvalue weighted by molar-refractivity contribution is 5.89. The first kappa shape index (κ1) is 19.1. The first-order chi connectivity index (χ1) is 14.1. The molecule has 1 aliphatic heterocycles. The molecule has 2 amide bonds. The van der Waals surface area contributed by atoms with E-state index in [1.807, 2.05) is 50.5 Å². The van der Waals surface area contributed by atoms with Crippen molar-refractivity contribution in [2.45, 2.75) is 31.9 Å². The van der Waals surface area contributed by atoms with Crippen LogP contribution < -0.4 is 10.6 Å². The molecule has 2 N–H and O–H groups in total. The number of nitrogens with one attached hydrogen (secondary N) is 2. The van der Waals surface area contributed by atoms with E-state index in [1.165, 1.54) is 0 Å². The molecule has 0 radical (unpaired) electrons. The molecular formula is C21H24N6O2. The summed E-state index contributed by atoms with van der Waals surface area (Å²) >= 11 is 0. The molecule has 1 aromatic carbocycles. The topological polar surface area (TPSA) is 94.0 Å². The van der Waals surface area contributed by atoms with Gasteiger partial charge >= 0.3 is 6.03 Å². The lowest BCUT2D eigenvalue weighted by Gasteiger charge is -2.31. The van der Waals surface area contributed by atoms with Gasteiger partial charge in [0, 0.05) is 48.6 Å². The minimum atomic E-state index is -0.256. The highest BCUT2D eigenvalue weighted by atomic mass is 16.5. The molecule has 1 aliphatic rings. The Balaban J connectivity index is 1.39. The Hall–Kier alpha value is -3.26. The maximum Gasteiger partial charge on any atom is 0.319 e. The zero-order chi connectivity index (χ0) is 20.2. The van der Waals surface area contributed by atoms with Gasteiger partial charge in [-0.05, 0) is 50.1 Å². The van der Waals surface area contributed by atoms with Crippen LogP contribution >= 0.6 is 0 Å². The Morgan fingerprint density at radius 1 is 1.24 bits per heavy atom. The molecule has 0 unspecified atom stereocenters. The molecule has 4 rings (SSSR count). The third-order valence-corrected chi connectivity index (χ3v) is 4.89. The van der Waals surface area contributed by atoms with Crippen LogP contribution in [0.25, 0.3) is 11.4 Å². The van der Waals surface area contributed by atoms with Gasteiger partial charge in [0.2, 0.25) is 0 Å². The molecule has 0 saturated carbocycles. The number of aryl methyl sites for hydroxylation is 2. The summed E-state index contributed by atoms with van der Waals surface area (Å²) in [6, 6.07) is 8.98. The normalized spacial score (nSPS) is 19.0. The van der Waals surface area contributed by atoms with Gasteiger partial charge in [0.15, 0.2) is 5.82 Å². The average molecular weight is 392 g/mol. The van der Waals surface area contributed by atoms with E-state index in [0.29, 0.717) is 18.1 Å². The average Bonchev–Trinajstić information content (AvgIpc) is 3.15. The summed E-state index contributed by atoms with van der Waals surface area (Å²) in [5.74, 6) is 0.666. The minimum absolute atomic E-state index is 0.104. The molecule has 0 bridgehead atoms. The second-order valence-corrected chi connectivity index (χ2v) is 7.18. The number of rotatable bonds is 4. The summed E-state index contributed by atoms with van der Waals surface area (Å²) in [4.78, 5) is 21.2. The van der Waals surface area contributed by atoms with E-state index < -0.39 is 0 Å². The van der Waals surface area contributed by atoms with Gasteiger partial charge in [-0.25, -0.2) is 14.8 Å². The molecule has 1 fully saturated rings. The van der Waals surface area contributed by atoms with Gasteiger partial charge in [0.05, 0.1) is 12.2 Å². The second-order valence-electron chi connectivity index (χ2n) is 7.18. The van der Waals surface area contributed by atoms with E-state index in [-0.39, 0.29) is 18.2 Å². The van der Waals surface area contributed by atoms with E-state index in [2.05, 4.69) is 25.7 Å². The monoisotopic (exact) mass is 392 g/mol. The number of benzene rings is 1. The molecule has 2 atom stereocenters. The maximum absolute atomic E-state index is 12.5. The number of aromatic nitrogens is 4. The Labute approximate surface area is 169 Å². The fraction of sp³-hybridized carbons (Fsp3) is 0.333. The lowest BCUT2D eigenvalue weighted by Crippen LogP contribution is -2.44. The van der Waals surface area contributed by atoms with E-state index in [1.54, 1.807) is 17.1 Å². The summed E-state index contributed by atoms with van der Waals surface area (Å²) in [5, 5.41) is 10.1. The standard InChI is InChI=1S/C21H24N6O2/c1-14-9-10-22-20(24-14)15-5-7-17(8-6-15)25-21(28)26-18-4-3-11-29-19(18)16-12-23-27(2)13-16/h5-10,12-13,18-19H,3-4,11H2,1-2H3,(H2,25,26,28)/t18-,19+/m0/s1. The van der Waals surface area contributed by atoms with Crippen molar-refractivity contribution >= 4 is 11.7 Å². The van der Waals surface area contributed by atoms with E-state index in [0.717, 1.165) is 29.7 Å². The van der Waals surface area contributed by atoms with Crippen LogP contribution in [0.2, 0.25) is 0 Å². The number of amides is 2. The summed E-state index contributed by atoms with van der Waals surface area (Å²) in [6.07, 6.45) is 7.03. The number of carbonyl (C=O) groups is 1. The van der Waals surface area contributed by atoms with Crippen LogP contribution in [0.4, 0.5) is 10.5 Å². The molecule has 8 nitrogen and oxygen atoms in total. The quantitative estimate of drug-likeness (QED) is 0.711. The third kappa shape index (κ3) is 4.60. The van der Waals surface area contributed by atoms with Gasteiger partial charge in [-0.3, -0.25) is 4.68 Å². The number of urea groups is 1. The van der Waals surface area contributed by atoms with Crippen LogP contribution in [0, 0.1) is 6.92 Å². The minimum Gasteiger partial charge on any atom is -0.371 e. The zero-order valence-electron chi connectivity index (χ0n) is 16.5. The van der Waals surface area contributed by atoms with Crippen molar-refractivity contribution in [3.05, 3.63) is 60.2 Å². The highest BCUT2D eigenvalue weighted by Crippen LogP contribution is 2.28. The smallest absolute Gasteiger partial charge is 0.319 e. The predicted octanol–water partition coefficient (Wildman–Crippen LogP) is 3.23. The number of ether oxygens (including phenoxy) is 1. The zero-order valence-corrected chi connectivity index (χ0v) is 16.5. The fourth-order valence-corrected chi connectivity index (χ4v) is 3.47. The number of anilines is 1.